The summed E-state index contributed by atoms with van der Waals surface area (Å²) in [6.07, 6.45) is 2.27. The van der Waals surface area contributed by atoms with Crippen molar-refractivity contribution in [3.05, 3.63) is 58.6 Å². The molecule has 1 saturated heterocycles. The molecule has 2 heterocycles. The smallest absolute Gasteiger partial charge is 0.289 e. The Morgan fingerprint density at radius 1 is 1.08 bits per heavy atom. The Hall–Kier alpha value is -3.92. The van der Waals surface area contributed by atoms with Crippen LogP contribution in [0.3, 0.4) is 0 Å². The molecule has 2 bridgehead atoms. The maximum Gasteiger partial charge on any atom is 0.289 e. The zero-order chi connectivity index (χ0) is 27.3. The van der Waals surface area contributed by atoms with Gasteiger partial charge in [-0.3, -0.25) is 19.3 Å². The number of hydrogen-bond acceptors (Lipinski definition) is 8. The molecule has 2 aromatic rings. The number of nitrogens with zero attached hydrogens (tertiary/aromatic N) is 3. The molecule has 6 rings (SSSR count). The van der Waals surface area contributed by atoms with Crippen molar-refractivity contribution in [1.29, 1.82) is 0 Å². The molecule has 0 radical (unpaired) electrons. The summed E-state index contributed by atoms with van der Waals surface area (Å²) >= 11 is 5.90. The number of nitrogens with one attached hydrogen (secondary N) is 1. The third kappa shape index (κ3) is 4.23. The summed E-state index contributed by atoms with van der Waals surface area (Å²) in [4.78, 5) is 46.9. The average Bonchev–Trinajstić information content (AvgIpc) is 3.69. The zero-order valence-electron chi connectivity index (χ0n) is 21.4. The molecule has 2 aromatic carbocycles. The minimum atomic E-state index is -0.473. The van der Waals surface area contributed by atoms with E-state index in [4.69, 9.17) is 25.9 Å². The number of benzene rings is 2. The van der Waals surface area contributed by atoms with Gasteiger partial charge < -0.3 is 14.3 Å². The lowest BCUT2D eigenvalue weighted by Crippen LogP contribution is -2.44. The molecular formula is C28H27ClN4O6. The third-order valence-electron chi connectivity index (χ3n) is 8.34. The first-order valence-corrected chi connectivity index (χ1v) is 13.2. The van der Waals surface area contributed by atoms with Crippen molar-refractivity contribution >= 4 is 41.2 Å². The van der Waals surface area contributed by atoms with E-state index in [1.165, 1.54) is 11.1 Å². The number of likely N-dealkylation sites (tertiary alicyclic amines) is 1. The second-order valence-electron chi connectivity index (χ2n) is 10.2. The highest BCUT2D eigenvalue weighted by atomic mass is 35.5. The SMILES string of the molecule is COc1ccc(CCN2C(=O)[C@@H]3[C@@H]4C[C@H]([C@H]5ON=C(C(=O)N/N=C/c6ccc(Cl)cc6)[C@H]45)[C@@H]3C2=O)cc1OC. The molecule has 0 aromatic heterocycles. The van der Waals surface area contributed by atoms with Crippen molar-refractivity contribution in [2.75, 3.05) is 20.8 Å². The Balaban J connectivity index is 1.12. The summed E-state index contributed by atoms with van der Waals surface area (Å²) in [5.74, 6) is -1.18. The molecule has 10 nitrogen and oxygen atoms in total. The van der Waals surface area contributed by atoms with Crippen LogP contribution in [-0.4, -0.2) is 61.4 Å². The first-order chi connectivity index (χ1) is 18.9. The van der Waals surface area contributed by atoms with Gasteiger partial charge in [-0.25, -0.2) is 5.43 Å². The minimum absolute atomic E-state index is 0.154. The van der Waals surface area contributed by atoms with Crippen molar-refractivity contribution in [2.45, 2.75) is 18.9 Å². The van der Waals surface area contributed by atoms with E-state index in [1.807, 2.05) is 12.1 Å². The number of hydrazone groups is 1. The van der Waals surface area contributed by atoms with Crippen LogP contribution in [0.2, 0.25) is 5.02 Å². The number of imide groups is 1. The predicted octanol–water partition coefficient (Wildman–Crippen LogP) is 2.67. The van der Waals surface area contributed by atoms with E-state index < -0.39 is 17.7 Å². The van der Waals surface area contributed by atoms with Gasteiger partial charge in [-0.2, -0.15) is 5.10 Å². The average molecular weight is 551 g/mol. The van der Waals surface area contributed by atoms with Crippen LogP contribution in [0, 0.1) is 29.6 Å². The summed E-state index contributed by atoms with van der Waals surface area (Å²) in [5, 5.41) is 8.69. The van der Waals surface area contributed by atoms with Crippen molar-refractivity contribution in [1.82, 2.24) is 10.3 Å². The fraction of sp³-hybridized carbons (Fsp3) is 0.393. The van der Waals surface area contributed by atoms with Crippen molar-refractivity contribution in [2.24, 2.45) is 39.8 Å². The molecule has 6 atom stereocenters. The van der Waals surface area contributed by atoms with Crippen LogP contribution in [0.5, 0.6) is 11.5 Å². The van der Waals surface area contributed by atoms with Crippen LogP contribution in [0.25, 0.3) is 0 Å². The molecule has 3 fully saturated rings. The van der Waals surface area contributed by atoms with E-state index in [9.17, 15) is 14.4 Å². The predicted molar refractivity (Wildman–Crippen MR) is 142 cm³/mol. The first-order valence-electron chi connectivity index (χ1n) is 12.8. The molecule has 2 aliphatic carbocycles. The van der Waals surface area contributed by atoms with Crippen LogP contribution >= 0.6 is 11.6 Å². The molecule has 4 aliphatic rings. The molecule has 11 heteroatoms. The molecule has 0 unspecified atom stereocenters. The lowest BCUT2D eigenvalue weighted by molar-refractivity contribution is -0.141. The number of hydrogen-bond donors (Lipinski definition) is 1. The lowest BCUT2D eigenvalue weighted by atomic mass is 9.72. The second kappa shape index (κ2) is 10.00. The van der Waals surface area contributed by atoms with Gasteiger partial charge in [-0.1, -0.05) is 35.0 Å². The summed E-state index contributed by atoms with van der Waals surface area (Å²) in [7, 11) is 3.13. The Bertz CT molecular complexity index is 1390. The van der Waals surface area contributed by atoms with Gasteiger partial charge in [0.25, 0.3) is 5.91 Å². The fourth-order valence-corrected chi connectivity index (χ4v) is 6.77. The molecule has 0 spiro atoms. The maximum absolute atomic E-state index is 13.5. The number of halogens is 1. The fourth-order valence-electron chi connectivity index (χ4n) is 6.64. The molecule has 2 aliphatic heterocycles. The van der Waals surface area contributed by atoms with Crippen LogP contribution in [0.15, 0.2) is 52.7 Å². The van der Waals surface area contributed by atoms with Crippen LogP contribution < -0.4 is 14.9 Å². The largest absolute Gasteiger partial charge is 0.493 e. The monoisotopic (exact) mass is 550 g/mol. The molecule has 39 heavy (non-hydrogen) atoms. The topological polar surface area (TPSA) is 119 Å². The van der Waals surface area contributed by atoms with Crippen molar-refractivity contribution in [3.63, 3.8) is 0 Å². The van der Waals surface area contributed by atoms with E-state index >= 15 is 0 Å². The van der Waals surface area contributed by atoms with Gasteiger partial charge in [0, 0.05) is 17.5 Å². The van der Waals surface area contributed by atoms with E-state index in [-0.39, 0.29) is 47.9 Å². The van der Waals surface area contributed by atoms with Gasteiger partial charge in [-0.15, -0.1) is 0 Å². The Morgan fingerprint density at radius 2 is 1.79 bits per heavy atom. The van der Waals surface area contributed by atoms with E-state index in [0.29, 0.717) is 29.4 Å². The number of carbonyl (C=O) groups excluding carboxylic acids is 3. The lowest BCUT2D eigenvalue weighted by Gasteiger charge is -2.29. The van der Waals surface area contributed by atoms with E-state index in [0.717, 1.165) is 11.1 Å². The van der Waals surface area contributed by atoms with Gasteiger partial charge in [0.2, 0.25) is 11.8 Å². The Kier molecular flexibility index (Phi) is 6.50. The maximum atomic E-state index is 13.5. The van der Waals surface area contributed by atoms with E-state index in [2.05, 4.69) is 15.7 Å². The van der Waals surface area contributed by atoms with Crippen molar-refractivity contribution in [3.8, 4) is 11.5 Å². The van der Waals surface area contributed by atoms with Crippen LogP contribution in [0.4, 0.5) is 0 Å². The Morgan fingerprint density at radius 3 is 2.51 bits per heavy atom. The van der Waals surface area contributed by atoms with Gasteiger partial charge in [0.15, 0.2) is 17.2 Å². The molecule has 3 amide bonds. The number of methoxy groups -OCH3 is 2. The number of oxime groups is 1. The highest BCUT2D eigenvalue weighted by Gasteiger charge is 2.70. The molecule has 1 N–H and O–H groups in total. The number of amides is 3. The summed E-state index contributed by atoms with van der Waals surface area (Å²) in [6, 6.07) is 12.6. The summed E-state index contributed by atoms with van der Waals surface area (Å²) in [5.41, 5.74) is 4.44. The number of rotatable bonds is 8. The third-order valence-corrected chi connectivity index (χ3v) is 8.59. The number of ether oxygens (including phenoxy) is 2. The molecule has 202 valence electrons. The normalized spacial score (nSPS) is 28.4. The van der Waals surface area contributed by atoms with Crippen molar-refractivity contribution < 1.29 is 28.7 Å². The quantitative estimate of drug-likeness (QED) is 0.307. The zero-order valence-corrected chi connectivity index (χ0v) is 22.1. The standard InChI is InChI=1S/C28H27ClN4O6/c1-37-19-8-5-14(11-20(19)38-2)9-10-33-27(35)21-17-12-18(22(21)28(33)36)25-23(17)24(32-39-25)26(34)31-30-13-15-3-6-16(29)7-4-15/h3-8,11,13,17-18,21-23,25H,9-10,12H2,1-2H3,(H,31,34)/b30-13+/t17-,18-,21+,22-,23-,25+/m0/s1. The Labute approximate surface area is 229 Å². The van der Waals surface area contributed by atoms with Gasteiger partial charge >= 0.3 is 0 Å². The molecular weight excluding hydrogens is 524 g/mol. The van der Waals surface area contributed by atoms with Crippen LogP contribution in [0.1, 0.15) is 17.5 Å². The first kappa shape index (κ1) is 25.4. The highest BCUT2D eigenvalue weighted by molar-refractivity contribution is 6.40. The highest BCUT2D eigenvalue weighted by Crippen LogP contribution is 2.61. The van der Waals surface area contributed by atoms with Gasteiger partial charge in [0.1, 0.15) is 6.10 Å². The number of fused-ring (bicyclic) bond motifs is 8. The molecule has 2 saturated carbocycles. The second-order valence-corrected chi connectivity index (χ2v) is 10.6. The summed E-state index contributed by atoms with van der Waals surface area (Å²) in [6.45, 7) is 0.274. The van der Waals surface area contributed by atoms with Gasteiger partial charge in [0.05, 0.1) is 38.2 Å². The summed E-state index contributed by atoms with van der Waals surface area (Å²) < 4.78 is 10.7. The van der Waals surface area contributed by atoms with Crippen LogP contribution in [-0.2, 0) is 25.6 Å². The van der Waals surface area contributed by atoms with E-state index in [1.54, 1.807) is 44.6 Å². The minimum Gasteiger partial charge on any atom is -0.493 e. The number of carbonyl (C=O) groups is 3. The van der Waals surface area contributed by atoms with Gasteiger partial charge in [-0.05, 0) is 54.2 Å².